The lowest BCUT2D eigenvalue weighted by molar-refractivity contribution is 0.197. The molecule has 4 rings (SSSR count). The molecule has 2 aliphatic heterocycles. The lowest BCUT2D eigenvalue weighted by Crippen LogP contribution is -2.33. The second kappa shape index (κ2) is 6.34. The molecule has 0 amide bonds. The van der Waals surface area contributed by atoms with Crippen molar-refractivity contribution in [3.05, 3.63) is 66.0 Å². The first-order valence-electron chi connectivity index (χ1n) is 8.13. The normalized spacial score (nSPS) is 16.0. The number of hydrogen-bond donors (Lipinski definition) is 2. The highest BCUT2D eigenvalue weighted by Crippen LogP contribution is 2.34. The molecule has 0 saturated carbocycles. The SMILES string of the molecule is C1=CNc2c(cccc2OCCN2CCc3ccccc3C2)N1. The summed E-state index contributed by atoms with van der Waals surface area (Å²) in [6.07, 6.45) is 4.90. The van der Waals surface area contributed by atoms with Crippen molar-refractivity contribution < 1.29 is 4.74 Å². The summed E-state index contributed by atoms with van der Waals surface area (Å²) in [5, 5.41) is 6.47. The van der Waals surface area contributed by atoms with Crippen LogP contribution in [0.1, 0.15) is 11.1 Å². The molecule has 0 radical (unpaired) electrons. The van der Waals surface area contributed by atoms with Gasteiger partial charge in [0.05, 0.1) is 5.69 Å². The monoisotopic (exact) mass is 307 g/mol. The number of anilines is 2. The van der Waals surface area contributed by atoms with Gasteiger partial charge in [0, 0.05) is 32.0 Å². The van der Waals surface area contributed by atoms with Crippen LogP contribution in [0.3, 0.4) is 0 Å². The van der Waals surface area contributed by atoms with E-state index in [4.69, 9.17) is 4.74 Å². The number of ether oxygens (including phenoxy) is 1. The number of rotatable bonds is 4. The van der Waals surface area contributed by atoms with Crippen LogP contribution in [-0.2, 0) is 13.0 Å². The summed E-state index contributed by atoms with van der Waals surface area (Å²) in [6.45, 7) is 3.77. The van der Waals surface area contributed by atoms with E-state index in [-0.39, 0.29) is 0 Å². The van der Waals surface area contributed by atoms with Crippen molar-refractivity contribution in [2.24, 2.45) is 0 Å². The van der Waals surface area contributed by atoms with Crippen LogP contribution in [0.5, 0.6) is 5.75 Å². The Morgan fingerprint density at radius 2 is 1.83 bits per heavy atom. The van der Waals surface area contributed by atoms with E-state index in [0.29, 0.717) is 6.61 Å². The molecule has 2 aliphatic rings. The smallest absolute Gasteiger partial charge is 0.144 e. The Labute approximate surface area is 136 Å². The molecule has 0 fully saturated rings. The Morgan fingerprint density at radius 3 is 2.78 bits per heavy atom. The number of hydrogen-bond acceptors (Lipinski definition) is 4. The summed E-state index contributed by atoms with van der Waals surface area (Å²) in [7, 11) is 0. The van der Waals surface area contributed by atoms with Crippen molar-refractivity contribution >= 4 is 11.4 Å². The van der Waals surface area contributed by atoms with Crippen LogP contribution in [0.15, 0.2) is 54.9 Å². The molecule has 0 spiro atoms. The third kappa shape index (κ3) is 3.03. The van der Waals surface area contributed by atoms with Gasteiger partial charge in [-0.2, -0.15) is 0 Å². The molecule has 2 aromatic rings. The minimum Gasteiger partial charge on any atom is -0.490 e. The van der Waals surface area contributed by atoms with Gasteiger partial charge >= 0.3 is 0 Å². The number of nitrogens with zero attached hydrogens (tertiary/aromatic N) is 1. The van der Waals surface area contributed by atoms with E-state index < -0.39 is 0 Å². The molecule has 0 aliphatic carbocycles. The summed E-state index contributed by atoms with van der Waals surface area (Å²) in [5.74, 6) is 0.900. The predicted molar refractivity (Wildman–Crippen MR) is 93.7 cm³/mol. The van der Waals surface area contributed by atoms with Crippen LogP contribution in [0.4, 0.5) is 11.4 Å². The van der Waals surface area contributed by atoms with E-state index >= 15 is 0 Å². The maximum absolute atomic E-state index is 6.02. The van der Waals surface area contributed by atoms with Crippen LogP contribution in [0.2, 0.25) is 0 Å². The van der Waals surface area contributed by atoms with Gasteiger partial charge in [-0.1, -0.05) is 30.3 Å². The zero-order valence-corrected chi connectivity index (χ0v) is 13.1. The Bertz CT molecular complexity index is 726. The Morgan fingerprint density at radius 1 is 0.957 bits per heavy atom. The van der Waals surface area contributed by atoms with Crippen molar-refractivity contribution in [2.75, 3.05) is 30.3 Å². The van der Waals surface area contributed by atoms with Gasteiger partial charge in [-0.25, -0.2) is 0 Å². The van der Waals surface area contributed by atoms with E-state index in [2.05, 4.69) is 39.8 Å². The molecule has 0 aromatic heterocycles. The Hall–Kier alpha value is -2.46. The summed E-state index contributed by atoms with van der Waals surface area (Å²) in [4.78, 5) is 2.46. The van der Waals surface area contributed by atoms with Crippen LogP contribution in [-0.4, -0.2) is 24.6 Å². The molecule has 2 N–H and O–H groups in total. The molecule has 0 unspecified atom stereocenters. The standard InChI is InChI=1S/C19H21N3O/c1-2-5-16-14-22(11-8-15(16)4-1)12-13-23-18-7-3-6-17-19(18)21-10-9-20-17/h1-7,9-10,20-21H,8,11-14H2. The number of benzene rings is 2. The van der Waals surface area contributed by atoms with Crippen molar-refractivity contribution in [3.8, 4) is 5.75 Å². The number of nitrogens with one attached hydrogen (secondary N) is 2. The highest BCUT2D eigenvalue weighted by Gasteiger charge is 2.16. The fourth-order valence-corrected chi connectivity index (χ4v) is 3.21. The average molecular weight is 307 g/mol. The first-order valence-corrected chi connectivity index (χ1v) is 8.13. The molecule has 0 saturated heterocycles. The first-order chi connectivity index (χ1) is 11.4. The van der Waals surface area contributed by atoms with Gasteiger partial charge in [0.25, 0.3) is 0 Å². The van der Waals surface area contributed by atoms with E-state index in [9.17, 15) is 0 Å². The van der Waals surface area contributed by atoms with Gasteiger partial charge in [0.2, 0.25) is 0 Å². The molecule has 2 heterocycles. The van der Waals surface area contributed by atoms with Gasteiger partial charge in [0.1, 0.15) is 18.0 Å². The van der Waals surface area contributed by atoms with Crippen LogP contribution >= 0.6 is 0 Å². The van der Waals surface area contributed by atoms with Crippen LogP contribution in [0.25, 0.3) is 0 Å². The molecule has 118 valence electrons. The molecular weight excluding hydrogens is 286 g/mol. The molecule has 2 aromatic carbocycles. The third-order valence-corrected chi connectivity index (χ3v) is 4.45. The first kappa shape index (κ1) is 14.2. The van der Waals surface area contributed by atoms with Crippen LogP contribution < -0.4 is 15.4 Å². The molecular formula is C19H21N3O. The summed E-state index contributed by atoms with van der Waals surface area (Å²) in [5.41, 5.74) is 5.01. The van der Waals surface area contributed by atoms with E-state index in [1.165, 1.54) is 11.1 Å². The molecule has 4 heteroatoms. The highest BCUT2D eigenvalue weighted by molar-refractivity contribution is 5.78. The Kier molecular flexibility index (Phi) is 3.90. The fraction of sp³-hybridized carbons (Fsp3) is 0.263. The molecule has 23 heavy (non-hydrogen) atoms. The minimum atomic E-state index is 0.698. The van der Waals surface area contributed by atoms with E-state index in [0.717, 1.165) is 43.2 Å². The zero-order chi connectivity index (χ0) is 15.5. The van der Waals surface area contributed by atoms with Gasteiger partial charge in [-0.15, -0.1) is 0 Å². The second-order valence-electron chi connectivity index (χ2n) is 5.94. The third-order valence-electron chi connectivity index (χ3n) is 4.45. The van der Waals surface area contributed by atoms with E-state index in [1.54, 1.807) is 0 Å². The fourth-order valence-electron chi connectivity index (χ4n) is 3.21. The van der Waals surface area contributed by atoms with Crippen molar-refractivity contribution in [3.63, 3.8) is 0 Å². The highest BCUT2D eigenvalue weighted by atomic mass is 16.5. The quantitative estimate of drug-likeness (QED) is 0.907. The largest absolute Gasteiger partial charge is 0.490 e. The molecule has 4 nitrogen and oxygen atoms in total. The lowest BCUT2D eigenvalue weighted by Gasteiger charge is -2.28. The van der Waals surface area contributed by atoms with Crippen LogP contribution in [0, 0.1) is 0 Å². The number of fused-ring (bicyclic) bond motifs is 2. The van der Waals surface area contributed by atoms with Gasteiger partial charge in [-0.3, -0.25) is 4.90 Å². The van der Waals surface area contributed by atoms with Crippen molar-refractivity contribution in [1.29, 1.82) is 0 Å². The average Bonchev–Trinajstić information content (AvgIpc) is 2.62. The molecule has 0 bridgehead atoms. The maximum atomic E-state index is 6.02. The molecule has 0 atom stereocenters. The van der Waals surface area contributed by atoms with Gasteiger partial charge in [0.15, 0.2) is 0 Å². The second-order valence-corrected chi connectivity index (χ2v) is 5.94. The summed E-state index contributed by atoms with van der Waals surface area (Å²) < 4.78 is 6.02. The Balaban J connectivity index is 1.35. The minimum absolute atomic E-state index is 0.698. The van der Waals surface area contributed by atoms with Gasteiger partial charge in [-0.05, 0) is 29.7 Å². The summed E-state index contributed by atoms with van der Waals surface area (Å²) >= 11 is 0. The number of para-hydroxylation sites is 1. The zero-order valence-electron chi connectivity index (χ0n) is 13.1. The van der Waals surface area contributed by atoms with Crippen molar-refractivity contribution in [2.45, 2.75) is 13.0 Å². The van der Waals surface area contributed by atoms with Gasteiger partial charge < -0.3 is 15.4 Å². The topological polar surface area (TPSA) is 36.5 Å². The summed E-state index contributed by atoms with van der Waals surface area (Å²) in [6, 6.07) is 14.8. The van der Waals surface area contributed by atoms with Crippen molar-refractivity contribution in [1.82, 2.24) is 4.90 Å². The van der Waals surface area contributed by atoms with E-state index in [1.807, 2.05) is 30.6 Å². The lowest BCUT2D eigenvalue weighted by atomic mass is 10.0. The maximum Gasteiger partial charge on any atom is 0.144 e. The predicted octanol–water partition coefficient (Wildman–Crippen LogP) is 3.43.